The molecule has 5 atom stereocenters. The van der Waals surface area contributed by atoms with Gasteiger partial charge in [0.15, 0.2) is 0 Å². The van der Waals surface area contributed by atoms with Crippen LogP contribution in [0.1, 0.15) is 18.2 Å². The fourth-order valence-electron chi connectivity index (χ4n) is 2.60. The highest BCUT2D eigenvalue weighted by atomic mass is 31.3. The Kier molecular flexibility index (Phi) is 8.95. The monoisotopic (exact) mass is 533 g/mol. The van der Waals surface area contributed by atoms with Gasteiger partial charge >= 0.3 is 5.69 Å². The molecule has 2 heterocycles. The first-order valence-electron chi connectivity index (χ1n) is 8.44. The number of hydrogen-bond donors (Lipinski definition) is 1. The zero-order chi connectivity index (χ0) is 25.0. The minimum absolute atomic E-state index is 0.136. The molecule has 2 unspecified atom stereocenters. The molecule has 1 fully saturated rings. The Morgan fingerprint density at radius 3 is 2.52 bits per heavy atom. The first-order valence-corrected chi connectivity index (χ1v) is 12.8. The second kappa shape index (κ2) is 10.7. The molecule has 0 amide bonds. The second-order valence-corrected chi connectivity index (χ2v) is 10.5. The lowest BCUT2D eigenvalue weighted by atomic mass is 10.2. The molecule has 186 valence electrons. The number of phosphoric acid groups is 3. The third kappa shape index (κ3) is 8.55. The van der Waals surface area contributed by atoms with Gasteiger partial charge in [0.1, 0.15) is 19.1 Å². The highest BCUT2D eigenvalue weighted by Crippen LogP contribution is 2.60. The summed E-state index contributed by atoms with van der Waals surface area (Å²) in [6, 6.07) is 0. The summed E-state index contributed by atoms with van der Waals surface area (Å²) in [6.07, 6.45) is -2.49. The SMILES string of the molecule is Cc1cn([C@H]2C[C@@H](OCN=[N+]=[N-])[C@@H](COP(=O)([O-])OP(=O)([O-])OP(=O)([O-])[O-])O2)c(=O)[nH]c1=O. The quantitative estimate of drug-likeness (QED) is 0.134. The lowest BCUT2D eigenvalue weighted by Gasteiger charge is -2.37. The van der Waals surface area contributed by atoms with Gasteiger partial charge in [-0.3, -0.25) is 27.8 Å². The molecule has 19 nitrogen and oxygen atoms in total. The fourth-order valence-corrected chi connectivity index (χ4v) is 5.46. The number of H-pyrrole nitrogens is 1. The molecule has 0 aromatic carbocycles. The van der Waals surface area contributed by atoms with Crippen molar-refractivity contribution in [2.75, 3.05) is 13.3 Å². The summed E-state index contributed by atoms with van der Waals surface area (Å²) >= 11 is 0. The van der Waals surface area contributed by atoms with Gasteiger partial charge in [-0.25, -0.2) is 9.11 Å². The van der Waals surface area contributed by atoms with E-state index in [1.54, 1.807) is 0 Å². The number of ether oxygens (including phenoxy) is 2. The molecule has 1 aromatic heterocycles. The first kappa shape index (κ1) is 27.6. The van der Waals surface area contributed by atoms with Gasteiger partial charge in [-0.2, -0.15) is 0 Å². The van der Waals surface area contributed by atoms with Crippen LogP contribution in [0.3, 0.4) is 0 Å². The summed E-state index contributed by atoms with van der Waals surface area (Å²) in [4.78, 5) is 71.7. The van der Waals surface area contributed by atoms with Gasteiger partial charge in [-0.05, 0) is 12.5 Å². The van der Waals surface area contributed by atoms with Crippen molar-refractivity contribution in [2.24, 2.45) is 5.11 Å². The number of nitrogens with zero attached hydrogens (tertiary/aromatic N) is 4. The normalized spacial score (nSPS) is 24.6. The van der Waals surface area contributed by atoms with Crippen LogP contribution in [-0.2, 0) is 36.3 Å². The molecule has 2 rings (SSSR count). The Morgan fingerprint density at radius 1 is 1.24 bits per heavy atom. The Balaban J connectivity index is 2.16. The summed E-state index contributed by atoms with van der Waals surface area (Å²) in [5.41, 5.74) is 6.96. The summed E-state index contributed by atoms with van der Waals surface area (Å²) in [5, 5.41) is 3.13. The van der Waals surface area contributed by atoms with Gasteiger partial charge in [0, 0.05) is 23.1 Å². The molecule has 0 spiro atoms. The number of hydrogen-bond acceptors (Lipinski definition) is 15. The van der Waals surface area contributed by atoms with E-state index >= 15 is 0 Å². The molecule has 0 bridgehead atoms. The van der Waals surface area contributed by atoms with Crippen LogP contribution in [0.15, 0.2) is 20.9 Å². The van der Waals surface area contributed by atoms with Gasteiger partial charge in [0.25, 0.3) is 21.2 Å². The van der Waals surface area contributed by atoms with E-state index in [1.165, 1.54) is 6.92 Å². The maximum Gasteiger partial charge on any atom is 0.330 e. The van der Waals surface area contributed by atoms with Crippen LogP contribution in [-0.4, -0.2) is 35.1 Å². The van der Waals surface area contributed by atoms with Crippen molar-refractivity contribution >= 4 is 23.5 Å². The number of aromatic amines is 1. The molecule has 22 heteroatoms. The molecule has 1 N–H and O–H groups in total. The van der Waals surface area contributed by atoms with E-state index in [4.69, 9.17) is 15.0 Å². The van der Waals surface area contributed by atoms with Crippen LogP contribution in [0.4, 0.5) is 0 Å². The summed E-state index contributed by atoms with van der Waals surface area (Å²) < 4.78 is 55.8. The molecular weight excluding hydrogens is 519 g/mol. The van der Waals surface area contributed by atoms with Gasteiger partial charge in [0.05, 0.1) is 20.5 Å². The van der Waals surface area contributed by atoms with E-state index < -0.39 is 66.5 Å². The zero-order valence-electron chi connectivity index (χ0n) is 16.3. The average molecular weight is 533 g/mol. The number of phosphoric ester groups is 1. The molecule has 1 aliphatic rings. The molecule has 1 aromatic rings. The molecule has 1 saturated heterocycles. The predicted octanol–water partition coefficient (Wildman–Crippen LogP) is -2.40. The van der Waals surface area contributed by atoms with Gasteiger partial charge in [-0.1, -0.05) is 5.11 Å². The van der Waals surface area contributed by atoms with E-state index in [-0.39, 0.29) is 12.0 Å². The number of aromatic nitrogens is 2. The van der Waals surface area contributed by atoms with Crippen molar-refractivity contribution in [1.82, 2.24) is 9.55 Å². The Bertz CT molecular complexity index is 1170. The van der Waals surface area contributed by atoms with E-state index in [0.717, 1.165) is 10.8 Å². The molecule has 1 aliphatic heterocycles. The van der Waals surface area contributed by atoms with Crippen LogP contribution >= 0.6 is 23.5 Å². The maximum absolute atomic E-state index is 12.1. The maximum atomic E-state index is 12.1. The first-order chi connectivity index (χ1) is 15.1. The summed E-state index contributed by atoms with van der Waals surface area (Å²) in [7, 11) is -18.1. The smallest absolute Gasteiger partial charge is 0.330 e. The average Bonchev–Trinajstić information content (AvgIpc) is 3.03. The van der Waals surface area contributed by atoms with Crippen molar-refractivity contribution in [1.29, 1.82) is 0 Å². The van der Waals surface area contributed by atoms with Crippen LogP contribution in [0, 0.1) is 6.92 Å². The van der Waals surface area contributed by atoms with Crippen molar-refractivity contribution in [3.8, 4) is 0 Å². The van der Waals surface area contributed by atoms with Crippen molar-refractivity contribution in [3.63, 3.8) is 0 Å². The number of azide groups is 1. The minimum atomic E-state index is -6.16. The predicted molar refractivity (Wildman–Crippen MR) is 94.4 cm³/mol. The van der Waals surface area contributed by atoms with Crippen LogP contribution in [0.25, 0.3) is 10.4 Å². The number of rotatable bonds is 11. The second-order valence-electron chi connectivity index (χ2n) is 6.21. The largest absolute Gasteiger partial charge is 0.790 e. The molecule has 0 aliphatic carbocycles. The van der Waals surface area contributed by atoms with Crippen molar-refractivity contribution in [3.05, 3.63) is 43.0 Å². The van der Waals surface area contributed by atoms with Crippen LogP contribution in [0.5, 0.6) is 0 Å². The van der Waals surface area contributed by atoms with E-state index in [0.29, 0.717) is 0 Å². The van der Waals surface area contributed by atoms with E-state index in [9.17, 15) is 42.9 Å². The number of aryl methyl sites for hydroxylation is 1. The molecule has 0 radical (unpaired) electrons. The molecule has 33 heavy (non-hydrogen) atoms. The third-order valence-corrected chi connectivity index (χ3v) is 7.51. The lowest BCUT2D eigenvalue weighted by Crippen LogP contribution is -2.33. The standard InChI is InChI=1S/C11H18N5O14P3/c1-6-3-16(11(18)14-10(6)17)9-2-7(26-5-13-15-12)8(28-9)4-27-32(22,23)30-33(24,25)29-31(19,20)21/h3,7-9H,2,4-5H2,1H3,(H,22,23)(H,24,25)(H,14,17,18)(H2,19,20,21)/p-4/t7-,8-,9-/m1/s1. The van der Waals surface area contributed by atoms with Gasteiger partial charge in [-0.15, -0.1) is 0 Å². The van der Waals surface area contributed by atoms with Crippen molar-refractivity contribution < 1.29 is 55.9 Å². The van der Waals surface area contributed by atoms with Gasteiger partial charge < -0.3 is 38.1 Å². The molecule has 0 saturated carbocycles. The highest BCUT2D eigenvalue weighted by molar-refractivity contribution is 7.64. The zero-order valence-corrected chi connectivity index (χ0v) is 19.0. The Morgan fingerprint density at radius 2 is 1.91 bits per heavy atom. The summed E-state index contributed by atoms with van der Waals surface area (Å²) in [6.45, 7) is -0.122. The fraction of sp³-hybridized carbons (Fsp3) is 0.636. The summed E-state index contributed by atoms with van der Waals surface area (Å²) in [5.74, 6) is 0. The Labute approximate surface area is 182 Å². The van der Waals surface area contributed by atoms with Crippen LogP contribution in [0.2, 0.25) is 0 Å². The number of nitrogens with one attached hydrogen (secondary N) is 1. The van der Waals surface area contributed by atoms with E-state index in [1.807, 2.05) is 4.98 Å². The van der Waals surface area contributed by atoms with Crippen LogP contribution < -0.4 is 30.8 Å². The van der Waals surface area contributed by atoms with Crippen molar-refractivity contribution in [2.45, 2.75) is 31.8 Å². The Hall–Kier alpha value is -1.68. The van der Waals surface area contributed by atoms with Gasteiger partial charge in [0.2, 0.25) is 0 Å². The molecular formula is C11H14N5O14P3-4. The highest BCUT2D eigenvalue weighted by Gasteiger charge is 2.38. The minimum Gasteiger partial charge on any atom is -0.790 e. The third-order valence-electron chi connectivity index (χ3n) is 3.84. The topological polar surface area (TPSA) is 293 Å². The van der Waals surface area contributed by atoms with E-state index in [2.05, 4.69) is 23.2 Å². The lowest BCUT2D eigenvalue weighted by molar-refractivity contribution is -0.339.